The Morgan fingerprint density at radius 3 is 2.61 bits per heavy atom. The number of hydrogen-bond donors (Lipinski definition) is 1. The minimum absolute atomic E-state index is 0.0225. The van der Waals surface area contributed by atoms with Crippen molar-refractivity contribution in [2.24, 2.45) is 5.73 Å². The summed E-state index contributed by atoms with van der Waals surface area (Å²) in [7, 11) is 0. The van der Waals surface area contributed by atoms with Gasteiger partial charge in [-0.2, -0.15) is 0 Å². The van der Waals surface area contributed by atoms with Gasteiger partial charge in [0.15, 0.2) is 0 Å². The van der Waals surface area contributed by atoms with Crippen LogP contribution in [0, 0.1) is 5.82 Å². The van der Waals surface area contributed by atoms with Crippen LogP contribution in [0.1, 0.15) is 30.6 Å². The number of ether oxygens (including phenoxy) is 1. The fourth-order valence-corrected chi connectivity index (χ4v) is 3.67. The average Bonchev–Trinajstić information content (AvgIpc) is 2.38. The summed E-state index contributed by atoms with van der Waals surface area (Å²) in [6.07, 6.45) is 2.06. The summed E-state index contributed by atoms with van der Waals surface area (Å²) < 4.78 is 19.2. The number of halogens is 1. The van der Waals surface area contributed by atoms with Crippen molar-refractivity contribution >= 4 is 11.8 Å². The molecular formula is C14H20FNOS. The maximum atomic E-state index is 13.9. The Bertz CT molecular complexity index is 380. The molecule has 1 aromatic rings. The first-order chi connectivity index (χ1) is 8.68. The van der Waals surface area contributed by atoms with E-state index < -0.39 is 0 Å². The van der Waals surface area contributed by atoms with Crippen molar-refractivity contribution in [1.82, 2.24) is 0 Å². The second kappa shape index (κ2) is 6.55. The largest absolute Gasteiger partial charge is 0.381 e. The summed E-state index contributed by atoms with van der Waals surface area (Å²) in [4.78, 5) is 0. The van der Waals surface area contributed by atoms with E-state index in [2.05, 4.69) is 0 Å². The minimum Gasteiger partial charge on any atom is -0.381 e. The van der Waals surface area contributed by atoms with Crippen molar-refractivity contribution in [3.63, 3.8) is 0 Å². The van der Waals surface area contributed by atoms with Crippen LogP contribution >= 0.6 is 11.8 Å². The highest BCUT2D eigenvalue weighted by Gasteiger charge is 2.25. The van der Waals surface area contributed by atoms with Crippen molar-refractivity contribution in [2.75, 3.05) is 13.2 Å². The van der Waals surface area contributed by atoms with E-state index in [1.807, 2.05) is 19.1 Å². The van der Waals surface area contributed by atoms with Crippen LogP contribution in [0.25, 0.3) is 0 Å². The monoisotopic (exact) mass is 269 g/mol. The van der Waals surface area contributed by atoms with E-state index in [9.17, 15) is 4.39 Å². The maximum Gasteiger partial charge on any atom is 0.127 e. The van der Waals surface area contributed by atoms with Crippen LogP contribution in [0.4, 0.5) is 4.39 Å². The van der Waals surface area contributed by atoms with E-state index in [-0.39, 0.29) is 17.1 Å². The Kier molecular flexibility index (Phi) is 5.03. The predicted octanol–water partition coefficient (Wildman–Crippen LogP) is 3.13. The molecule has 18 heavy (non-hydrogen) atoms. The topological polar surface area (TPSA) is 35.2 Å². The smallest absolute Gasteiger partial charge is 0.127 e. The summed E-state index contributed by atoms with van der Waals surface area (Å²) in [6.45, 7) is 3.56. The van der Waals surface area contributed by atoms with E-state index in [0.29, 0.717) is 5.25 Å². The first-order valence-electron chi connectivity index (χ1n) is 6.41. The SMILES string of the molecule is CC(N)C(SC1CCOCC1)c1ccccc1F. The van der Waals surface area contributed by atoms with Gasteiger partial charge in [-0.15, -0.1) is 11.8 Å². The van der Waals surface area contributed by atoms with Gasteiger partial charge in [0.2, 0.25) is 0 Å². The zero-order valence-electron chi connectivity index (χ0n) is 10.6. The molecule has 4 heteroatoms. The van der Waals surface area contributed by atoms with Gasteiger partial charge in [-0.3, -0.25) is 0 Å². The molecule has 1 aromatic carbocycles. The van der Waals surface area contributed by atoms with Gasteiger partial charge in [-0.1, -0.05) is 18.2 Å². The molecule has 1 saturated heterocycles. The highest BCUT2D eigenvalue weighted by molar-refractivity contribution is 8.00. The van der Waals surface area contributed by atoms with E-state index >= 15 is 0 Å². The Morgan fingerprint density at radius 2 is 2.00 bits per heavy atom. The van der Waals surface area contributed by atoms with Crippen LogP contribution in [0.2, 0.25) is 0 Å². The van der Waals surface area contributed by atoms with Crippen molar-refractivity contribution in [2.45, 2.75) is 36.3 Å². The number of hydrogen-bond acceptors (Lipinski definition) is 3. The standard InChI is InChI=1S/C14H20FNOS/c1-10(16)14(12-4-2-3-5-13(12)15)18-11-6-8-17-9-7-11/h2-5,10-11,14H,6-9,16H2,1H3. The van der Waals surface area contributed by atoms with E-state index in [1.54, 1.807) is 17.8 Å². The molecule has 0 bridgehead atoms. The second-order valence-electron chi connectivity index (χ2n) is 4.75. The molecule has 0 aromatic heterocycles. The second-order valence-corrected chi connectivity index (χ2v) is 6.20. The lowest BCUT2D eigenvalue weighted by Gasteiger charge is -2.28. The van der Waals surface area contributed by atoms with Crippen molar-refractivity contribution in [3.8, 4) is 0 Å². The third kappa shape index (κ3) is 3.46. The van der Waals surface area contributed by atoms with Gasteiger partial charge in [-0.25, -0.2) is 4.39 Å². The van der Waals surface area contributed by atoms with E-state index in [4.69, 9.17) is 10.5 Å². The van der Waals surface area contributed by atoms with Crippen molar-refractivity contribution in [1.29, 1.82) is 0 Å². The third-order valence-corrected chi connectivity index (χ3v) is 5.03. The Hall–Kier alpha value is -0.580. The van der Waals surface area contributed by atoms with Gasteiger partial charge in [0.05, 0.1) is 0 Å². The average molecular weight is 269 g/mol. The van der Waals surface area contributed by atoms with Gasteiger partial charge in [0, 0.05) is 35.3 Å². The molecule has 0 radical (unpaired) electrons. The molecule has 2 atom stereocenters. The molecule has 1 aliphatic rings. The molecule has 0 spiro atoms. The number of rotatable bonds is 4. The molecule has 1 fully saturated rings. The van der Waals surface area contributed by atoms with E-state index in [1.165, 1.54) is 6.07 Å². The van der Waals surface area contributed by atoms with Gasteiger partial charge in [0.25, 0.3) is 0 Å². The van der Waals surface area contributed by atoms with Crippen molar-refractivity contribution < 1.29 is 9.13 Å². The quantitative estimate of drug-likeness (QED) is 0.912. The first-order valence-corrected chi connectivity index (χ1v) is 7.36. The normalized spacial score (nSPS) is 20.6. The van der Waals surface area contributed by atoms with Crippen LogP contribution in [0.3, 0.4) is 0 Å². The van der Waals surface area contributed by atoms with Crippen LogP contribution < -0.4 is 5.73 Å². The Balaban J connectivity index is 2.10. The van der Waals surface area contributed by atoms with Crippen molar-refractivity contribution in [3.05, 3.63) is 35.6 Å². The molecule has 100 valence electrons. The van der Waals surface area contributed by atoms with Crippen LogP contribution in [-0.4, -0.2) is 24.5 Å². The van der Waals surface area contributed by atoms with Crippen LogP contribution in [-0.2, 0) is 4.74 Å². The highest BCUT2D eigenvalue weighted by atomic mass is 32.2. The molecule has 2 rings (SSSR count). The fraction of sp³-hybridized carbons (Fsp3) is 0.571. The van der Waals surface area contributed by atoms with Gasteiger partial charge < -0.3 is 10.5 Å². The highest BCUT2D eigenvalue weighted by Crippen LogP contribution is 2.38. The molecule has 2 N–H and O–H groups in total. The molecule has 0 saturated carbocycles. The summed E-state index contributed by atoms with van der Waals surface area (Å²) in [6, 6.07) is 6.88. The molecular weight excluding hydrogens is 249 g/mol. The Morgan fingerprint density at radius 1 is 1.33 bits per heavy atom. The molecule has 2 unspecified atom stereocenters. The number of thioether (sulfide) groups is 1. The number of benzene rings is 1. The minimum atomic E-state index is -0.153. The third-order valence-electron chi connectivity index (χ3n) is 3.20. The Labute approximate surface area is 112 Å². The molecule has 0 aliphatic carbocycles. The van der Waals surface area contributed by atoms with Gasteiger partial charge in [0.1, 0.15) is 5.82 Å². The lowest BCUT2D eigenvalue weighted by atomic mass is 10.1. The molecule has 1 aliphatic heterocycles. The fourth-order valence-electron chi connectivity index (χ4n) is 2.21. The zero-order chi connectivity index (χ0) is 13.0. The summed E-state index contributed by atoms with van der Waals surface area (Å²) in [5.74, 6) is -0.153. The first kappa shape index (κ1) is 13.8. The zero-order valence-corrected chi connectivity index (χ0v) is 11.5. The molecule has 1 heterocycles. The lowest BCUT2D eigenvalue weighted by Crippen LogP contribution is -2.27. The predicted molar refractivity (Wildman–Crippen MR) is 74.2 cm³/mol. The summed E-state index contributed by atoms with van der Waals surface area (Å²) >= 11 is 1.80. The van der Waals surface area contributed by atoms with E-state index in [0.717, 1.165) is 31.6 Å². The summed E-state index contributed by atoms with van der Waals surface area (Å²) in [5.41, 5.74) is 6.76. The maximum absolute atomic E-state index is 13.9. The number of nitrogens with two attached hydrogens (primary N) is 1. The lowest BCUT2D eigenvalue weighted by molar-refractivity contribution is 0.0999. The summed E-state index contributed by atoms with van der Waals surface area (Å²) in [5, 5.41) is 0.545. The van der Waals surface area contributed by atoms with Crippen LogP contribution in [0.15, 0.2) is 24.3 Å². The van der Waals surface area contributed by atoms with Gasteiger partial charge in [-0.05, 0) is 25.8 Å². The molecule has 2 nitrogen and oxygen atoms in total. The van der Waals surface area contributed by atoms with Crippen LogP contribution in [0.5, 0.6) is 0 Å². The van der Waals surface area contributed by atoms with Gasteiger partial charge >= 0.3 is 0 Å². The molecule has 0 amide bonds.